The van der Waals surface area contributed by atoms with E-state index in [0.29, 0.717) is 6.04 Å². The Morgan fingerprint density at radius 3 is 2.90 bits per heavy atom. The molecule has 114 valence electrons. The Bertz CT molecular complexity index is 427. The van der Waals surface area contributed by atoms with Gasteiger partial charge in [-0.1, -0.05) is 6.92 Å². The maximum absolute atomic E-state index is 4.62. The number of aryl methyl sites for hydroxylation is 2. The molecule has 0 aliphatic carbocycles. The van der Waals surface area contributed by atoms with Gasteiger partial charge < -0.3 is 5.32 Å². The lowest BCUT2D eigenvalue weighted by Gasteiger charge is -2.24. The number of aromatic nitrogens is 2. The third kappa shape index (κ3) is 3.80. The number of nitrogens with zero attached hydrogens (tertiary/aromatic N) is 2. The third-order valence-electron chi connectivity index (χ3n) is 3.94. The number of halogens is 1. The van der Waals surface area contributed by atoms with Crippen LogP contribution >= 0.6 is 27.7 Å². The van der Waals surface area contributed by atoms with Crippen LogP contribution in [-0.4, -0.2) is 33.4 Å². The molecule has 0 radical (unpaired) electrons. The van der Waals surface area contributed by atoms with Crippen LogP contribution in [-0.2, 0) is 13.0 Å². The van der Waals surface area contributed by atoms with Gasteiger partial charge in [-0.3, -0.25) is 4.68 Å². The van der Waals surface area contributed by atoms with E-state index in [-0.39, 0.29) is 0 Å². The lowest BCUT2D eigenvalue weighted by atomic mass is 10.0. The van der Waals surface area contributed by atoms with Crippen LogP contribution in [0.3, 0.4) is 0 Å². The maximum atomic E-state index is 4.62. The SMILES string of the molecule is CCCNC(Cc1c(Br)c(C)nn1CC)C1CCCS1. The van der Waals surface area contributed by atoms with Crippen LogP contribution in [0, 0.1) is 6.92 Å². The van der Waals surface area contributed by atoms with Gasteiger partial charge >= 0.3 is 0 Å². The first-order chi connectivity index (χ1) is 9.67. The minimum atomic E-state index is 0.570. The average molecular weight is 360 g/mol. The quantitative estimate of drug-likeness (QED) is 0.803. The number of rotatable bonds is 7. The van der Waals surface area contributed by atoms with E-state index in [4.69, 9.17) is 0 Å². The molecule has 2 heterocycles. The Labute approximate surface area is 135 Å². The van der Waals surface area contributed by atoms with Gasteiger partial charge in [-0.25, -0.2) is 0 Å². The van der Waals surface area contributed by atoms with Crippen molar-refractivity contribution in [2.24, 2.45) is 0 Å². The second kappa shape index (κ2) is 7.85. The lowest BCUT2D eigenvalue weighted by Crippen LogP contribution is -2.40. The zero-order valence-corrected chi connectivity index (χ0v) is 15.2. The topological polar surface area (TPSA) is 29.9 Å². The highest BCUT2D eigenvalue weighted by Crippen LogP contribution is 2.32. The Kier molecular flexibility index (Phi) is 6.43. The van der Waals surface area contributed by atoms with E-state index in [1.807, 2.05) is 0 Å². The molecule has 1 N–H and O–H groups in total. The van der Waals surface area contributed by atoms with Crippen molar-refractivity contribution in [1.82, 2.24) is 15.1 Å². The Hall–Kier alpha value is -0.000000000000000111. The molecule has 2 unspecified atom stereocenters. The monoisotopic (exact) mass is 359 g/mol. The first-order valence-corrected chi connectivity index (χ1v) is 9.58. The average Bonchev–Trinajstić information content (AvgIpc) is 3.06. The normalized spacial score (nSPS) is 20.5. The molecule has 2 rings (SSSR count). The van der Waals surface area contributed by atoms with Gasteiger partial charge in [0.15, 0.2) is 0 Å². The van der Waals surface area contributed by atoms with Crippen molar-refractivity contribution < 1.29 is 0 Å². The molecule has 0 spiro atoms. The summed E-state index contributed by atoms with van der Waals surface area (Å²) in [4.78, 5) is 0. The maximum Gasteiger partial charge on any atom is 0.0738 e. The van der Waals surface area contributed by atoms with Gasteiger partial charge in [0, 0.05) is 24.3 Å². The summed E-state index contributed by atoms with van der Waals surface area (Å²) in [6.45, 7) is 8.54. The first-order valence-electron chi connectivity index (χ1n) is 7.74. The van der Waals surface area contributed by atoms with E-state index >= 15 is 0 Å². The van der Waals surface area contributed by atoms with Crippen molar-refractivity contribution in [2.45, 2.75) is 64.3 Å². The minimum absolute atomic E-state index is 0.570. The van der Waals surface area contributed by atoms with Crippen LogP contribution in [0.2, 0.25) is 0 Å². The molecule has 3 nitrogen and oxygen atoms in total. The van der Waals surface area contributed by atoms with Crippen LogP contribution < -0.4 is 5.32 Å². The van der Waals surface area contributed by atoms with Crippen molar-refractivity contribution in [3.8, 4) is 0 Å². The molecule has 1 aromatic rings. The van der Waals surface area contributed by atoms with Crippen molar-refractivity contribution >= 4 is 27.7 Å². The van der Waals surface area contributed by atoms with Crippen LogP contribution in [0.5, 0.6) is 0 Å². The van der Waals surface area contributed by atoms with Crippen molar-refractivity contribution in [1.29, 1.82) is 0 Å². The van der Waals surface area contributed by atoms with E-state index in [1.165, 1.54) is 35.2 Å². The van der Waals surface area contributed by atoms with E-state index in [9.17, 15) is 0 Å². The lowest BCUT2D eigenvalue weighted by molar-refractivity contribution is 0.464. The molecule has 1 fully saturated rings. The zero-order chi connectivity index (χ0) is 14.5. The predicted octanol–water partition coefficient (Wildman–Crippen LogP) is 3.78. The largest absolute Gasteiger partial charge is 0.312 e. The van der Waals surface area contributed by atoms with Gasteiger partial charge in [0.25, 0.3) is 0 Å². The van der Waals surface area contributed by atoms with Gasteiger partial charge in [-0.05, 0) is 61.3 Å². The van der Waals surface area contributed by atoms with Crippen molar-refractivity contribution in [3.63, 3.8) is 0 Å². The molecular weight excluding hydrogens is 334 g/mol. The summed E-state index contributed by atoms with van der Waals surface area (Å²) in [7, 11) is 0. The molecular formula is C15H26BrN3S. The van der Waals surface area contributed by atoms with Crippen LogP contribution in [0.25, 0.3) is 0 Å². The summed E-state index contributed by atoms with van der Waals surface area (Å²) in [5.41, 5.74) is 2.46. The van der Waals surface area contributed by atoms with Crippen molar-refractivity contribution in [2.75, 3.05) is 12.3 Å². The molecule has 0 saturated carbocycles. The number of hydrogen-bond donors (Lipinski definition) is 1. The molecule has 1 aromatic heterocycles. The molecule has 0 aromatic carbocycles. The molecule has 0 amide bonds. The number of hydrogen-bond acceptors (Lipinski definition) is 3. The first kappa shape index (κ1) is 16.4. The zero-order valence-electron chi connectivity index (χ0n) is 12.8. The molecule has 1 saturated heterocycles. The summed E-state index contributed by atoms with van der Waals surface area (Å²) >= 11 is 5.87. The minimum Gasteiger partial charge on any atom is -0.312 e. The molecule has 20 heavy (non-hydrogen) atoms. The van der Waals surface area contributed by atoms with Gasteiger partial charge in [0.1, 0.15) is 0 Å². The Morgan fingerprint density at radius 1 is 1.50 bits per heavy atom. The number of nitrogens with one attached hydrogen (secondary N) is 1. The van der Waals surface area contributed by atoms with E-state index in [1.54, 1.807) is 0 Å². The summed E-state index contributed by atoms with van der Waals surface area (Å²) in [5, 5.41) is 9.15. The van der Waals surface area contributed by atoms with Gasteiger partial charge in [0.2, 0.25) is 0 Å². The van der Waals surface area contributed by atoms with Crippen LogP contribution in [0.15, 0.2) is 4.47 Å². The van der Waals surface area contributed by atoms with E-state index in [2.05, 4.69) is 63.6 Å². The Morgan fingerprint density at radius 2 is 2.30 bits per heavy atom. The van der Waals surface area contributed by atoms with Gasteiger partial charge in [-0.2, -0.15) is 16.9 Å². The summed E-state index contributed by atoms with van der Waals surface area (Å²) in [5.74, 6) is 1.32. The van der Waals surface area contributed by atoms with Gasteiger partial charge in [-0.15, -0.1) is 0 Å². The highest BCUT2D eigenvalue weighted by molar-refractivity contribution is 9.10. The van der Waals surface area contributed by atoms with Crippen LogP contribution in [0.1, 0.15) is 44.5 Å². The number of thioether (sulfide) groups is 1. The standard InChI is InChI=1S/C15H26BrN3S/c1-4-8-17-12(14-7-6-9-20-14)10-13-15(16)11(3)18-19(13)5-2/h12,14,17H,4-10H2,1-3H3. The van der Waals surface area contributed by atoms with E-state index in [0.717, 1.165) is 30.5 Å². The third-order valence-corrected chi connectivity index (χ3v) is 6.48. The fraction of sp³-hybridized carbons (Fsp3) is 0.800. The summed E-state index contributed by atoms with van der Waals surface area (Å²) in [6, 6.07) is 0.570. The Balaban J connectivity index is 2.13. The second-order valence-corrected chi connectivity index (χ2v) is 7.62. The highest BCUT2D eigenvalue weighted by atomic mass is 79.9. The second-order valence-electron chi connectivity index (χ2n) is 5.48. The molecule has 5 heteroatoms. The molecule has 0 bridgehead atoms. The highest BCUT2D eigenvalue weighted by Gasteiger charge is 2.27. The van der Waals surface area contributed by atoms with Crippen LogP contribution in [0.4, 0.5) is 0 Å². The van der Waals surface area contributed by atoms with Crippen molar-refractivity contribution in [3.05, 3.63) is 15.9 Å². The van der Waals surface area contributed by atoms with Gasteiger partial charge in [0.05, 0.1) is 15.9 Å². The predicted molar refractivity (Wildman–Crippen MR) is 91.6 cm³/mol. The summed E-state index contributed by atoms with van der Waals surface area (Å²) < 4.78 is 3.35. The molecule has 2 atom stereocenters. The fourth-order valence-corrected chi connectivity index (χ4v) is 4.70. The molecule has 1 aliphatic rings. The smallest absolute Gasteiger partial charge is 0.0738 e. The summed E-state index contributed by atoms with van der Waals surface area (Å²) in [6.07, 6.45) is 4.99. The molecule has 1 aliphatic heterocycles. The van der Waals surface area contributed by atoms with E-state index < -0.39 is 0 Å². The fourth-order valence-electron chi connectivity index (χ4n) is 2.86.